The zero-order valence-electron chi connectivity index (χ0n) is 18.0. The first-order valence-electron chi connectivity index (χ1n) is 10.9. The molecule has 0 spiro atoms. The highest BCUT2D eigenvalue weighted by atomic mass is 16.5. The Labute approximate surface area is 179 Å². The van der Waals surface area contributed by atoms with Gasteiger partial charge < -0.3 is 15.0 Å². The highest BCUT2D eigenvalue weighted by Gasteiger charge is 2.25. The fraction of sp³-hybridized carbons (Fsp3) is 0.440. The number of carbonyl (C=O) groups is 2. The fourth-order valence-electron chi connectivity index (χ4n) is 3.82. The molecule has 0 radical (unpaired) electrons. The van der Waals surface area contributed by atoms with E-state index in [4.69, 9.17) is 4.74 Å². The van der Waals surface area contributed by atoms with Gasteiger partial charge in [-0.05, 0) is 68.9 Å². The zero-order chi connectivity index (χ0) is 21.3. The number of ether oxygens (including phenoxy) is 1. The predicted molar refractivity (Wildman–Crippen MR) is 119 cm³/mol. The van der Waals surface area contributed by atoms with E-state index in [1.54, 1.807) is 0 Å². The molecule has 3 rings (SSSR count). The van der Waals surface area contributed by atoms with E-state index in [2.05, 4.69) is 5.32 Å². The van der Waals surface area contributed by atoms with Crippen molar-refractivity contribution < 1.29 is 14.3 Å². The van der Waals surface area contributed by atoms with Crippen LogP contribution in [0.2, 0.25) is 0 Å². The van der Waals surface area contributed by atoms with Gasteiger partial charge in [0, 0.05) is 31.6 Å². The molecule has 1 fully saturated rings. The Bertz CT molecular complexity index is 822. The lowest BCUT2D eigenvalue weighted by Crippen LogP contribution is -2.39. The molecule has 0 saturated carbocycles. The van der Waals surface area contributed by atoms with Crippen molar-refractivity contribution in [3.63, 3.8) is 0 Å². The SMILES string of the molecule is CCOc1ccc(CCNC(=O)CC2CCN(C(=O)c3ccc(C)cc3)CC2)cc1. The van der Waals surface area contributed by atoms with Crippen molar-refractivity contribution in [3.05, 3.63) is 65.2 Å². The van der Waals surface area contributed by atoms with Crippen LogP contribution in [0, 0.1) is 12.8 Å². The van der Waals surface area contributed by atoms with Gasteiger partial charge in [-0.3, -0.25) is 9.59 Å². The maximum atomic E-state index is 12.6. The van der Waals surface area contributed by atoms with E-state index < -0.39 is 0 Å². The summed E-state index contributed by atoms with van der Waals surface area (Å²) in [5.74, 6) is 1.41. The summed E-state index contributed by atoms with van der Waals surface area (Å²) >= 11 is 0. The third-order valence-electron chi connectivity index (χ3n) is 5.64. The first-order valence-corrected chi connectivity index (χ1v) is 10.9. The summed E-state index contributed by atoms with van der Waals surface area (Å²) in [7, 11) is 0. The largest absolute Gasteiger partial charge is 0.494 e. The molecule has 160 valence electrons. The van der Waals surface area contributed by atoms with Crippen LogP contribution in [0.5, 0.6) is 5.75 Å². The molecule has 0 bridgehead atoms. The lowest BCUT2D eigenvalue weighted by molar-refractivity contribution is -0.122. The number of benzene rings is 2. The lowest BCUT2D eigenvalue weighted by atomic mass is 9.92. The molecule has 5 nitrogen and oxygen atoms in total. The van der Waals surface area contributed by atoms with Crippen molar-refractivity contribution in [2.24, 2.45) is 5.92 Å². The van der Waals surface area contributed by atoms with Gasteiger partial charge in [0.05, 0.1) is 6.61 Å². The Hall–Kier alpha value is -2.82. The Morgan fingerprint density at radius 3 is 2.33 bits per heavy atom. The minimum atomic E-state index is 0.0910. The van der Waals surface area contributed by atoms with Crippen LogP contribution in [0.1, 0.15) is 47.7 Å². The molecule has 1 N–H and O–H groups in total. The average Bonchev–Trinajstić information content (AvgIpc) is 2.76. The van der Waals surface area contributed by atoms with Gasteiger partial charge in [0.1, 0.15) is 5.75 Å². The number of hydrogen-bond acceptors (Lipinski definition) is 3. The minimum absolute atomic E-state index is 0.0910. The molecule has 1 aliphatic heterocycles. The average molecular weight is 409 g/mol. The molecule has 0 atom stereocenters. The van der Waals surface area contributed by atoms with Crippen LogP contribution in [-0.4, -0.2) is 43.0 Å². The molecule has 0 unspecified atom stereocenters. The van der Waals surface area contributed by atoms with Crippen LogP contribution in [0.15, 0.2) is 48.5 Å². The third kappa shape index (κ3) is 6.34. The van der Waals surface area contributed by atoms with E-state index >= 15 is 0 Å². The van der Waals surface area contributed by atoms with Gasteiger partial charge in [-0.25, -0.2) is 0 Å². The Balaban J connectivity index is 1.35. The summed E-state index contributed by atoms with van der Waals surface area (Å²) in [6.45, 7) is 6.72. The second-order valence-electron chi connectivity index (χ2n) is 7.98. The molecule has 2 aromatic carbocycles. The number of nitrogens with zero attached hydrogens (tertiary/aromatic N) is 1. The van der Waals surface area contributed by atoms with E-state index in [9.17, 15) is 9.59 Å². The second kappa shape index (κ2) is 10.8. The fourth-order valence-corrected chi connectivity index (χ4v) is 3.82. The van der Waals surface area contributed by atoms with Gasteiger partial charge >= 0.3 is 0 Å². The Kier molecular flexibility index (Phi) is 7.89. The standard InChI is InChI=1S/C25H32N2O3/c1-3-30-23-10-6-20(7-11-23)12-15-26-24(28)18-21-13-16-27(17-14-21)25(29)22-8-4-19(2)5-9-22/h4-11,21H,3,12-18H2,1-2H3,(H,26,28). The van der Waals surface area contributed by atoms with E-state index in [1.807, 2.05) is 67.3 Å². The second-order valence-corrected chi connectivity index (χ2v) is 7.98. The molecule has 1 aliphatic rings. The van der Waals surface area contributed by atoms with Crippen LogP contribution < -0.4 is 10.1 Å². The monoisotopic (exact) mass is 408 g/mol. The molecule has 2 aromatic rings. The van der Waals surface area contributed by atoms with Gasteiger partial charge in [0.2, 0.25) is 5.91 Å². The first-order chi connectivity index (χ1) is 14.5. The molecule has 2 amide bonds. The Morgan fingerprint density at radius 2 is 1.70 bits per heavy atom. The van der Waals surface area contributed by atoms with Crippen molar-refractivity contribution in [2.45, 2.75) is 39.5 Å². The number of rotatable bonds is 8. The summed E-state index contributed by atoms with van der Waals surface area (Å²) in [5, 5.41) is 3.03. The van der Waals surface area contributed by atoms with E-state index in [0.29, 0.717) is 25.5 Å². The summed E-state index contributed by atoms with van der Waals surface area (Å²) < 4.78 is 5.45. The molecular weight excluding hydrogens is 376 g/mol. The Morgan fingerprint density at radius 1 is 1.03 bits per heavy atom. The molecule has 5 heteroatoms. The number of carbonyl (C=O) groups excluding carboxylic acids is 2. The number of amides is 2. The maximum absolute atomic E-state index is 12.6. The third-order valence-corrected chi connectivity index (χ3v) is 5.64. The smallest absolute Gasteiger partial charge is 0.253 e. The van der Waals surface area contributed by atoms with E-state index in [-0.39, 0.29) is 11.8 Å². The normalized spacial score (nSPS) is 14.4. The number of hydrogen-bond donors (Lipinski definition) is 1. The van der Waals surface area contributed by atoms with E-state index in [0.717, 1.165) is 49.2 Å². The van der Waals surface area contributed by atoms with Crippen molar-refractivity contribution >= 4 is 11.8 Å². The van der Waals surface area contributed by atoms with Crippen LogP contribution in [0.25, 0.3) is 0 Å². The molecule has 0 aromatic heterocycles. The van der Waals surface area contributed by atoms with E-state index in [1.165, 1.54) is 5.56 Å². The predicted octanol–water partition coefficient (Wildman–Crippen LogP) is 3.99. The number of piperidine rings is 1. The topological polar surface area (TPSA) is 58.6 Å². The van der Waals surface area contributed by atoms with Crippen molar-refractivity contribution in [2.75, 3.05) is 26.2 Å². The number of nitrogens with one attached hydrogen (secondary N) is 1. The summed E-state index contributed by atoms with van der Waals surface area (Å²) in [6.07, 6.45) is 3.10. The van der Waals surface area contributed by atoms with Gasteiger partial charge in [-0.2, -0.15) is 0 Å². The highest BCUT2D eigenvalue weighted by molar-refractivity contribution is 5.94. The summed E-state index contributed by atoms with van der Waals surface area (Å²) in [5.41, 5.74) is 3.08. The van der Waals surface area contributed by atoms with Gasteiger partial charge in [-0.15, -0.1) is 0 Å². The molecule has 1 saturated heterocycles. The summed E-state index contributed by atoms with van der Waals surface area (Å²) in [6, 6.07) is 15.7. The molecule has 0 aliphatic carbocycles. The highest BCUT2D eigenvalue weighted by Crippen LogP contribution is 2.22. The van der Waals surface area contributed by atoms with Crippen LogP contribution in [-0.2, 0) is 11.2 Å². The van der Waals surface area contributed by atoms with Crippen LogP contribution >= 0.6 is 0 Å². The molecule has 1 heterocycles. The van der Waals surface area contributed by atoms with Crippen molar-refractivity contribution in [1.29, 1.82) is 0 Å². The van der Waals surface area contributed by atoms with Crippen molar-refractivity contribution in [1.82, 2.24) is 10.2 Å². The van der Waals surface area contributed by atoms with Crippen molar-refractivity contribution in [3.8, 4) is 5.75 Å². The molecular formula is C25H32N2O3. The number of aryl methyl sites for hydroxylation is 1. The lowest BCUT2D eigenvalue weighted by Gasteiger charge is -2.31. The summed E-state index contributed by atoms with van der Waals surface area (Å²) in [4.78, 5) is 26.8. The maximum Gasteiger partial charge on any atom is 0.253 e. The molecule has 30 heavy (non-hydrogen) atoms. The van der Waals surface area contributed by atoms with Crippen LogP contribution in [0.3, 0.4) is 0 Å². The zero-order valence-corrected chi connectivity index (χ0v) is 18.0. The van der Waals surface area contributed by atoms with Gasteiger partial charge in [0.15, 0.2) is 0 Å². The van der Waals surface area contributed by atoms with Gasteiger partial charge in [-0.1, -0.05) is 29.8 Å². The number of likely N-dealkylation sites (tertiary alicyclic amines) is 1. The first kappa shape index (κ1) is 21.9. The van der Waals surface area contributed by atoms with Crippen LogP contribution in [0.4, 0.5) is 0 Å². The minimum Gasteiger partial charge on any atom is -0.494 e. The quantitative estimate of drug-likeness (QED) is 0.718. The van der Waals surface area contributed by atoms with Gasteiger partial charge in [0.25, 0.3) is 5.91 Å².